The molecule has 0 radical (unpaired) electrons. The summed E-state index contributed by atoms with van der Waals surface area (Å²) >= 11 is 0. The molecule has 0 saturated carbocycles. The molecule has 0 bridgehead atoms. The van der Waals surface area contributed by atoms with Crippen molar-refractivity contribution < 1.29 is 9.51 Å². The van der Waals surface area contributed by atoms with Crippen LogP contribution in [0.25, 0.3) is 5.65 Å². The maximum atomic E-state index is 10.0. The molecule has 0 aromatic carbocycles. The number of fused-ring (bicyclic) bond motifs is 1. The SMILES string of the molecule is CCc1nc2cccc[n+]2c(CC)c1O. The molecule has 2 aromatic rings. The van der Waals surface area contributed by atoms with Gasteiger partial charge in [-0.1, -0.05) is 19.9 Å². The first-order valence-electron chi connectivity index (χ1n) is 5.29. The normalized spacial score (nSPS) is 10.8. The summed E-state index contributed by atoms with van der Waals surface area (Å²) in [5.74, 6) is 0.337. The van der Waals surface area contributed by atoms with Crippen molar-refractivity contribution >= 4 is 5.65 Å². The van der Waals surface area contributed by atoms with Crippen LogP contribution in [0.4, 0.5) is 0 Å². The molecule has 0 saturated heterocycles. The van der Waals surface area contributed by atoms with Crippen LogP contribution < -0.4 is 4.40 Å². The van der Waals surface area contributed by atoms with E-state index in [-0.39, 0.29) is 0 Å². The molecule has 15 heavy (non-hydrogen) atoms. The lowest BCUT2D eigenvalue weighted by Gasteiger charge is -2.03. The van der Waals surface area contributed by atoms with Gasteiger partial charge < -0.3 is 5.11 Å². The Balaban J connectivity index is 2.83. The predicted octanol–water partition coefficient (Wildman–Crippen LogP) is 1.65. The van der Waals surface area contributed by atoms with Gasteiger partial charge in [-0.3, -0.25) is 0 Å². The summed E-state index contributed by atoms with van der Waals surface area (Å²) in [6.07, 6.45) is 3.48. The Labute approximate surface area is 89.0 Å². The van der Waals surface area contributed by atoms with E-state index in [4.69, 9.17) is 0 Å². The molecule has 0 aliphatic carbocycles. The molecule has 1 N–H and O–H groups in total. The van der Waals surface area contributed by atoms with Crippen molar-refractivity contribution in [1.29, 1.82) is 0 Å². The van der Waals surface area contributed by atoms with Crippen molar-refractivity contribution in [3.05, 3.63) is 35.8 Å². The first kappa shape index (κ1) is 9.90. The highest BCUT2D eigenvalue weighted by molar-refractivity contribution is 5.37. The van der Waals surface area contributed by atoms with E-state index in [1.807, 2.05) is 42.6 Å². The lowest BCUT2D eigenvalue weighted by atomic mass is 10.2. The standard InChI is InChI=1S/C12H14N2O/c1-3-9-12(15)10(4-2)14-8-6-5-7-11(14)13-9/h5-8H,3-4H2,1-2H3/p+1. The van der Waals surface area contributed by atoms with E-state index >= 15 is 0 Å². The van der Waals surface area contributed by atoms with Gasteiger partial charge >= 0.3 is 5.65 Å². The molecule has 3 nitrogen and oxygen atoms in total. The summed E-state index contributed by atoms with van der Waals surface area (Å²) < 4.78 is 1.94. The molecule has 0 fully saturated rings. The van der Waals surface area contributed by atoms with E-state index in [9.17, 15) is 5.11 Å². The highest BCUT2D eigenvalue weighted by Gasteiger charge is 2.18. The molecule has 0 unspecified atom stereocenters. The number of aromatic nitrogens is 2. The minimum absolute atomic E-state index is 0.337. The average Bonchev–Trinajstić information content (AvgIpc) is 2.28. The van der Waals surface area contributed by atoms with Crippen LogP contribution >= 0.6 is 0 Å². The Bertz CT molecular complexity index is 494. The van der Waals surface area contributed by atoms with Crippen LogP contribution in [0.3, 0.4) is 0 Å². The second kappa shape index (κ2) is 3.85. The number of aromatic hydroxyl groups is 1. The maximum absolute atomic E-state index is 10.0. The van der Waals surface area contributed by atoms with Crippen LogP contribution in [0.15, 0.2) is 24.4 Å². The lowest BCUT2D eigenvalue weighted by Crippen LogP contribution is -2.28. The third kappa shape index (κ3) is 1.54. The smallest absolute Gasteiger partial charge is 0.328 e. The van der Waals surface area contributed by atoms with Gasteiger partial charge in [-0.05, 0) is 11.1 Å². The molecule has 2 heterocycles. The topological polar surface area (TPSA) is 37.2 Å². The van der Waals surface area contributed by atoms with E-state index in [0.717, 1.165) is 29.9 Å². The molecule has 2 aromatic heterocycles. The quantitative estimate of drug-likeness (QED) is 0.753. The van der Waals surface area contributed by atoms with E-state index in [0.29, 0.717) is 5.75 Å². The Kier molecular flexibility index (Phi) is 2.54. The monoisotopic (exact) mass is 203 g/mol. The molecule has 0 aliphatic rings. The summed E-state index contributed by atoms with van der Waals surface area (Å²) in [4.78, 5) is 4.41. The Hall–Kier alpha value is -1.64. The molecule has 0 spiro atoms. The van der Waals surface area contributed by atoms with Gasteiger partial charge in [0, 0.05) is 18.9 Å². The minimum atomic E-state index is 0.337. The van der Waals surface area contributed by atoms with E-state index in [2.05, 4.69) is 4.98 Å². The first-order chi connectivity index (χ1) is 7.27. The molecule has 0 atom stereocenters. The number of pyridine rings is 1. The fraction of sp³-hybridized carbons (Fsp3) is 0.333. The van der Waals surface area contributed by atoms with Gasteiger partial charge in [-0.15, -0.1) is 0 Å². The number of hydrogen-bond acceptors (Lipinski definition) is 2. The van der Waals surface area contributed by atoms with E-state index in [1.54, 1.807) is 0 Å². The second-order valence-corrected chi connectivity index (χ2v) is 3.49. The summed E-state index contributed by atoms with van der Waals surface area (Å²) in [6.45, 7) is 4.04. The number of aryl methyl sites for hydroxylation is 2. The van der Waals surface area contributed by atoms with Gasteiger partial charge in [0.1, 0.15) is 0 Å². The maximum Gasteiger partial charge on any atom is 0.328 e. The van der Waals surface area contributed by atoms with Gasteiger partial charge in [0.2, 0.25) is 5.75 Å². The van der Waals surface area contributed by atoms with Crippen LogP contribution in [0.1, 0.15) is 25.2 Å². The molecule has 0 aliphatic heterocycles. The molecule has 78 valence electrons. The Morgan fingerprint density at radius 3 is 2.73 bits per heavy atom. The van der Waals surface area contributed by atoms with Gasteiger partial charge in [0.15, 0.2) is 11.4 Å². The van der Waals surface area contributed by atoms with Crippen LogP contribution in [0.5, 0.6) is 5.75 Å². The highest BCUT2D eigenvalue weighted by Crippen LogP contribution is 2.19. The van der Waals surface area contributed by atoms with Crippen LogP contribution in [-0.2, 0) is 12.8 Å². The number of hydrogen-bond donors (Lipinski definition) is 1. The van der Waals surface area contributed by atoms with Gasteiger partial charge in [-0.25, -0.2) is 0 Å². The fourth-order valence-electron chi connectivity index (χ4n) is 1.81. The van der Waals surface area contributed by atoms with Crippen LogP contribution in [0, 0.1) is 0 Å². The number of nitrogens with zero attached hydrogens (tertiary/aromatic N) is 2. The zero-order chi connectivity index (χ0) is 10.8. The van der Waals surface area contributed by atoms with E-state index in [1.165, 1.54) is 0 Å². The molecular formula is C12H15N2O+. The van der Waals surface area contributed by atoms with Gasteiger partial charge in [0.05, 0.1) is 6.20 Å². The highest BCUT2D eigenvalue weighted by atomic mass is 16.3. The molecular weight excluding hydrogens is 188 g/mol. The molecule has 0 amide bonds. The third-order valence-corrected chi connectivity index (χ3v) is 2.60. The predicted molar refractivity (Wildman–Crippen MR) is 57.8 cm³/mol. The van der Waals surface area contributed by atoms with Crippen molar-refractivity contribution in [3.63, 3.8) is 0 Å². The second-order valence-electron chi connectivity index (χ2n) is 3.49. The fourth-order valence-corrected chi connectivity index (χ4v) is 1.81. The summed E-state index contributed by atoms with van der Waals surface area (Å²) in [5, 5.41) is 10.0. The first-order valence-corrected chi connectivity index (χ1v) is 5.29. The summed E-state index contributed by atoms with van der Waals surface area (Å²) in [7, 11) is 0. The van der Waals surface area contributed by atoms with Crippen LogP contribution in [-0.4, -0.2) is 10.1 Å². The van der Waals surface area contributed by atoms with Crippen molar-refractivity contribution in [1.82, 2.24) is 4.98 Å². The molecule has 3 heteroatoms. The summed E-state index contributed by atoms with van der Waals surface area (Å²) in [5.41, 5.74) is 2.60. The third-order valence-electron chi connectivity index (χ3n) is 2.60. The number of rotatable bonds is 2. The van der Waals surface area contributed by atoms with Crippen molar-refractivity contribution in [2.45, 2.75) is 26.7 Å². The lowest BCUT2D eigenvalue weighted by molar-refractivity contribution is -0.525. The summed E-state index contributed by atoms with van der Waals surface area (Å²) in [6, 6.07) is 5.86. The minimum Gasteiger partial charge on any atom is -0.501 e. The van der Waals surface area contributed by atoms with Gasteiger partial charge in [-0.2, -0.15) is 4.40 Å². The zero-order valence-electron chi connectivity index (χ0n) is 9.07. The van der Waals surface area contributed by atoms with Gasteiger partial charge in [0.25, 0.3) is 0 Å². The Morgan fingerprint density at radius 2 is 2.07 bits per heavy atom. The van der Waals surface area contributed by atoms with Crippen molar-refractivity contribution in [2.75, 3.05) is 0 Å². The van der Waals surface area contributed by atoms with E-state index < -0.39 is 0 Å². The van der Waals surface area contributed by atoms with Crippen molar-refractivity contribution in [3.8, 4) is 5.75 Å². The largest absolute Gasteiger partial charge is 0.501 e. The molecule has 2 rings (SSSR count). The van der Waals surface area contributed by atoms with Crippen molar-refractivity contribution in [2.24, 2.45) is 0 Å². The Morgan fingerprint density at radius 1 is 1.27 bits per heavy atom. The average molecular weight is 203 g/mol. The van der Waals surface area contributed by atoms with Crippen LogP contribution in [0.2, 0.25) is 0 Å². The zero-order valence-corrected chi connectivity index (χ0v) is 9.07.